The lowest BCUT2D eigenvalue weighted by Gasteiger charge is -2.11. The number of hydrogen-bond donors (Lipinski definition) is 1. The summed E-state index contributed by atoms with van der Waals surface area (Å²) in [5.74, 6) is -0.564. The number of alkyl halides is 3. The van der Waals surface area contributed by atoms with Crippen LogP contribution in [0.1, 0.15) is 5.56 Å². The van der Waals surface area contributed by atoms with E-state index in [1.807, 2.05) is 24.3 Å². The molecule has 152 valence electrons. The van der Waals surface area contributed by atoms with Gasteiger partial charge < -0.3 is 4.98 Å². The molecule has 0 unspecified atom stereocenters. The van der Waals surface area contributed by atoms with Gasteiger partial charge in [0.25, 0.3) is 0 Å². The molecule has 0 saturated heterocycles. The lowest BCUT2D eigenvalue weighted by molar-refractivity contribution is -0.0328. The summed E-state index contributed by atoms with van der Waals surface area (Å²) in [6, 6.07) is 17.9. The molecule has 0 aliphatic heterocycles. The van der Waals surface area contributed by atoms with E-state index in [4.69, 9.17) is 0 Å². The van der Waals surface area contributed by atoms with Crippen molar-refractivity contribution < 1.29 is 17.6 Å². The molecule has 1 heterocycles. The number of pyridine rings is 1. The summed E-state index contributed by atoms with van der Waals surface area (Å²) >= 11 is -0.151. The Kier molecular flexibility index (Phi) is 5.15. The molecule has 4 aromatic rings. The van der Waals surface area contributed by atoms with Crippen LogP contribution in [0.15, 0.2) is 76.4 Å². The fraction of sp³-hybridized carbons (Fsp3) is 0.0870. The van der Waals surface area contributed by atoms with E-state index in [0.717, 1.165) is 16.7 Å². The van der Waals surface area contributed by atoms with Crippen molar-refractivity contribution in [3.63, 3.8) is 0 Å². The van der Waals surface area contributed by atoms with Crippen molar-refractivity contribution in [1.82, 2.24) is 4.98 Å². The van der Waals surface area contributed by atoms with Crippen molar-refractivity contribution in [2.24, 2.45) is 0 Å². The van der Waals surface area contributed by atoms with E-state index >= 15 is 0 Å². The Morgan fingerprint density at radius 1 is 0.833 bits per heavy atom. The quantitative estimate of drug-likeness (QED) is 0.283. The van der Waals surface area contributed by atoms with E-state index in [1.54, 1.807) is 25.1 Å². The summed E-state index contributed by atoms with van der Waals surface area (Å²) in [5.41, 5.74) is -0.894. The monoisotopic (exact) mass is 429 g/mol. The minimum Gasteiger partial charge on any atom is -0.354 e. The van der Waals surface area contributed by atoms with E-state index in [9.17, 15) is 22.4 Å². The van der Waals surface area contributed by atoms with Crippen LogP contribution >= 0.6 is 11.8 Å². The molecule has 1 aromatic heterocycles. The maximum atomic E-state index is 14.0. The average Bonchev–Trinajstić information content (AvgIpc) is 2.70. The van der Waals surface area contributed by atoms with Gasteiger partial charge in [0.15, 0.2) is 5.43 Å². The number of hydrogen-bond acceptors (Lipinski definition) is 2. The minimum atomic E-state index is -4.32. The molecule has 0 saturated carbocycles. The van der Waals surface area contributed by atoms with Gasteiger partial charge in [-0.15, -0.1) is 0 Å². The van der Waals surface area contributed by atoms with E-state index in [-0.39, 0.29) is 27.5 Å². The fourth-order valence-corrected chi connectivity index (χ4v) is 3.90. The number of rotatable bonds is 3. The van der Waals surface area contributed by atoms with Gasteiger partial charge in [-0.25, -0.2) is 4.39 Å². The number of fused-ring (bicyclic) bond motifs is 1. The Balaban J connectivity index is 1.68. The summed E-state index contributed by atoms with van der Waals surface area (Å²) in [5, 5.41) is 0.0344. The summed E-state index contributed by atoms with van der Waals surface area (Å²) in [7, 11) is 0. The molecular weight excluding hydrogens is 414 g/mol. The van der Waals surface area contributed by atoms with E-state index < -0.39 is 11.3 Å². The van der Waals surface area contributed by atoms with Crippen molar-refractivity contribution in [3.8, 4) is 22.4 Å². The molecule has 0 amide bonds. The predicted octanol–water partition coefficient (Wildman–Crippen LogP) is 6.92. The molecule has 30 heavy (non-hydrogen) atoms. The number of halogens is 4. The van der Waals surface area contributed by atoms with Gasteiger partial charge in [-0.1, -0.05) is 42.5 Å². The largest absolute Gasteiger partial charge is 0.446 e. The fourth-order valence-electron chi connectivity index (χ4n) is 3.36. The predicted molar refractivity (Wildman–Crippen MR) is 112 cm³/mol. The lowest BCUT2D eigenvalue weighted by atomic mass is 10.00. The molecule has 3 aromatic carbocycles. The number of H-pyrrole nitrogens is 1. The molecular formula is C23H15F4NOS. The third-order valence-corrected chi connectivity index (χ3v) is 5.55. The maximum absolute atomic E-state index is 14.0. The molecule has 0 aliphatic rings. The van der Waals surface area contributed by atoms with E-state index in [2.05, 4.69) is 4.98 Å². The molecule has 0 spiro atoms. The first-order valence-corrected chi connectivity index (χ1v) is 9.82. The zero-order valence-electron chi connectivity index (χ0n) is 15.7. The van der Waals surface area contributed by atoms with Gasteiger partial charge in [0.1, 0.15) is 5.82 Å². The summed E-state index contributed by atoms with van der Waals surface area (Å²) in [4.78, 5) is 15.9. The third-order valence-electron chi connectivity index (χ3n) is 4.81. The topological polar surface area (TPSA) is 32.9 Å². The Labute approximate surface area is 173 Å². The minimum absolute atomic E-state index is 0.0344. The van der Waals surface area contributed by atoms with Gasteiger partial charge in [-0.3, -0.25) is 4.79 Å². The van der Waals surface area contributed by atoms with E-state index in [1.165, 1.54) is 24.3 Å². The van der Waals surface area contributed by atoms with Crippen molar-refractivity contribution in [2.75, 3.05) is 0 Å². The summed E-state index contributed by atoms with van der Waals surface area (Å²) < 4.78 is 51.4. The molecule has 0 fully saturated rings. The highest BCUT2D eigenvalue weighted by Crippen LogP contribution is 2.37. The Hall–Kier alpha value is -3.06. The lowest BCUT2D eigenvalue weighted by Crippen LogP contribution is -2.11. The number of aromatic nitrogens is 1. The molecule has 1 N–H and O–H groups in total. The smallest absolute Gasteiger partial charge is 0.354 e. The van der Waals surface area contributed by atoms with Crippen molar-refractivity contribution in [1.29, 1.82) is 0 Å². The first-order valence-electron chi connectivity index (χ1n) is 9.01. The second-order valence-electron chi connectivity index (χ2n) is 6.77. The SMILES string of the molecule is Cc1c(-c2ccc(-c3ccc(SC(F)(F)F)cc3)cc2)[nH]c2cccc(F)c2c1=O. The van der Waals surface area contributed by atoms with Crippen LogP contribution in [0.4, 0.5) is 17.6 Å². The number of benzene rings is 3. The molecule has 7 heteroatoms. The third kappa shape index (κ3) is 3.98. The second kappa shape index (κ2) is 7.65. The highest BCUT2D eigenvalue weighted by atomic mass is 32.2. The molecule has 0 atom stereocenters. The van der Waals surface area contributed by atoms with Crippen LogP contribution in [0.5, 0.6) is 0 Å². The second-order valence-corrected chi connectivity index (χ2v) is 7.90. The Morgan fingerprint density at radius 3 is 2.00 bits per heavy atom. The normalized spacial score (nSPS) is 11.8. The zero-order valence-corrected chi connectivity index (χ0v) is 16.5. The van der Waals surface area contributed by atoms with Gasteiger partial charge in [-0.2, -0.15) is 13.2 Å². The number of thioether (sulfide) groups is 1. The van der Waals surface area contributed by atoms with Gasteiger partial charge in [-0.05, 0) is 59.6 Å². The zero-order chi connectivity index (χ0) is 21.5. The molecule has 0 radical (unpaired) electrons. The average molecular weight is 429 g/mol. The van der Waals surface area contributed by atoms with Crippen LogP contribution in [-0.4, -0.2) is 10.5 Å². The number of aromatic amines is 1. The van der Waals surface area contributed by atoms with Crippen LogP contribution in [0.2, 0.25) is 0 Å². The van der Waals surface area contributed by atoms with Gasteiger partial charge in [0.2, 0.25) is 0 Å². The Morgan fingerprint density at radius 2 is 1.40 bits per heavy atom. The van der Waals surface area contributed by atoms with Crippen LogP contribution in [0, 0.1) is 12.7 Å². The molecule has 4 rings (SSSR count). The molecule has 2 nitrogen and oxygen atoms in total. The standard InChI is InChI=1S/C23H15F4NOS/c1-13-21(28-19-4-2-3-18(24)20(19)22(13)29)16-7-5-14(6-8-16)15-9-11-17(12-10-15)30-23(25,26)27/h2-12H,1H3,(H,28,29). The van der Waals surface area contributed by atoms with Gasteiger partial charge in [0.05, 0.1) is 16.6 Å². The highest BCUT2D eigenvalue weighted by Gasteiger charge is 2.29. The highest BCUT2D eigenvalue weighted by molar-refractivity contribution is 8.00. The first kappa shape index (κ1) is 20.2. The first-order chi connectivity index (χ1) is 14.2. The summed E-state index contributed by atoms with van der Waals surface area (Å²) in [6.07, 6.45) is 0. The van der Waals surface area contributed by atoms with Crippen molar-refractivity contribution in [3.05, 3.63) is 88.3 Å². The van der Waals surface area contributed by atoms with Crippen molar-refractivity contribution >= 4 is 22.7 Å². The van der Waals surface area contributed by atoms with E-state index in [0.29, 0.717) is 16.8 Å². The van der Waals surface area contributed by atoms with Gasteiger partial charge in [0, 0.05) is 10.5 Å². The molecule has 0 bridgehead atoms. The summed E-state index contributed by atoms with van der Waals surface area (Å²) in [6.45, 7) is 1.64. The van der Waals surface area contributed by atoms with Crippen LogP contribution in [0.25, 0.3) is 33.3 Å². The van der Waals surface area contributed by atoms with Gasteiger partial charge >= 0.3 is 5.51 Å². The molecule has 0 aliphatic carbocycles. The van der Waals surface area contributed by atoms with Crippen LogP contribution in [-0.2, 0) is 0 Å². The maximum Gasteiger partial charge on any atom is 0.446 e. The Bertz CT molecular complexity index is 1280. The van der Waals surface area contributed by atoms with Crippen molar-refractivity contribution in [2.45, 2.75) is 17.3 Å². The van der Waals surface area contributed by atoms with Crippen LogP contribution in [0.3, 0.4) is 0 Å². The number of nitrogens with one attached hydrogen (secondary N) is 1. The van der Waals surface area contributed by atoms with Crippen LogP contribution < -0.4 is 5.43 Å².